The van der Waals surface area contributed by atoms with Crippen LogP contribution in [-0.4, -0.2) is 54.1 Å². The van der Waals surface area contributed by atoms with Gasteiger partial charge in [0.25, 0.3) is 0 Å². The van der Waals surface area contributed by atoms with Gasteiger partial charge in [0.2, 0.25) is 5.91 Å². The summed E-state index contributed by atoms with van der Waals surface area (Å²) in [6, 6.07) is 0. The van der Waals surface area contributed by atoms with Crippen molar-refractivity contribution in [3.8, 4) is 0 Å². The maximum absolute atomic E-state index is 11.6. The molecule has 0 aromatic carbocycles. The lowest BCUT2D eigenvalue weighted by molar-refractivity contribution is -0.135. The molecule has 0 bridgehead atoms. The Morgan fingerprint density at radius 2 is 1.88 bits per heavy atom. The Morgan fingerprint density at radius 3 is 2.25 bits per heavy atom. The molecule has 1 aliphatic rings. The molecular weight excluding hydrogens is 208 g/mol. The monoisotopic (exact) mass is 228 g/mol. The topological polar surface area (TPSA) is 49.9 Å². The van der Waals surface area contributed by atoms with Gasteiger partial charge in [-0.1, -0.05) is 0 Å². The SMILES string of the molecule is CN(CC(=O)N1CCC1)C(=O)OC(C)(C)C. The third-order valence-corrected chi connectivity index (χ3v) is 2.29. The first-order valence-electron chi connectivity index (χ1n) is 5.51. The number of ether oxygens (including phenoxy) is 1. The van der Waals surface area contributed by atoms with Gasteiger partial charge in [0.15, 0.2) is 0 Å². The molecule has 0 atom stereocenters. The van der Waals surface area contributed by atoms with Crippen molar-refractivity contribution in [2.24, 2.45) is 0 Å². The molecule has 0 spiro atoms. The Kier molecular flexibility index (Phi) is 3.78. The zero-order valence-electron chi connectivity index (χ0n) is 10.4. The van der Waals surface area contributed by atoms with Gasteiger partial charge in [-0.3, -0.25) is 4.79 Å². The normalized spacial score (nSPS) is 15.4. The maximum atomic E-state index is 11.6. The highest BCUT2D eigenvalue weighted by Crippen LogP contribution is 2.10. The smallest absolute Gasteiger partial charge is 0.410 e. The third kappa shape index (κ3) is 3.72. The average Bonchev–Trinajstić information content (AvgIpc) is 1.96. The van der Waals surface area contributed by atoms with Gasteiger partial charge in [0.05, 0.1) is 0 Å². The number of hydrogen-bond acceptors (Lipinski definition) is 3. The molecule has 2 amide bonds. The van der Waals surface area contributed by atoms with Crippen molar-refractivity contribution in [1.82, 2.24) is 9.80 Å². The van der Waals surface area contributed by atoms with Crippen LogP contribution in [0.5, 0.6) is 0 Å². The summed E-state index contributed by atoms with van der Waals surface area (Å²) in [5.74, 6) is -0.0143. The molecular formula is C11H20N2O3. The zero-order chi connectivity index (χ0) is 12.3. The molecule has 92 valence electrons. The fraction of sp³-hybridized carbons (Fsp3) is 0.818. The van der Waals surface area contributed by atoms with Crippen LogP contribution < -0.4 is 0 Å². The maximum Gasteiger partial charge on any atom is 0.410 e. The molecule has 0 N–H and O–H groups in total. The molecule has 0 aliphatic carbocycles. The van der Waals surface area contributed by atoms with Crippen molar-refractivity contribution < 1.29 is 14.3 Å². The number of rotatable bonds is 2. The lowest BCUT2D eigenvalue weighted by atomic mass is 10.2. The minimum absolute atomic E-state index is 0.0143. The molecule has 1 fully saturated rings. The van der Waals surface area contributed by atoms with Crippen LogP contribution in [0, 0.1) is 0 Å². The van der Waals surface area contributed by atoms with Crippen molar-refractivity contribution in [2.75, 3.05) is 26.7 Å². The molecule has 0 saturated carbocycles. The first-order chi connectivity index (χ1) is 7.29. The number of carbonyl (C=O) groups excluding carboxylic acids is 2. The molecule has 1 heterocycles. The molecule has 1 aliphatic heterocycles. The summed E-state index contributed by atoms with van der Waals surface area (Å²) >= 11 is 0. The van der Waals surface area contributed by atoms with Crippen LogP contribution in [0.1, 0.15) is 27.2 Å². The summed E-state index contributed by atoms with van der Waals surface area (Å²) in [6.45, 7) is 7.11. The molecule has 0 aromatic rings. The van der Waals surface area contributed by atoms with Gasteiger partial charge >= 0.3 is 6.09 Å². The molecule has 16 heavy (non-hydrogen) atoms. The number of likely N-dealkylation sites (N-methyl/N-ethyl adjacent to an activating group) is 1. The lowest BCUT2D eigenvalue weighted by Gasteiger charge is -2.32. The molecule has 5 heteroatoms. The van der Waals surface area contributed by atoms with Gasteiger partial charge in [-0.05, 0) is 27.2 Å². The van der Waals surface area contributed by atoms with Crippen molar-refractivity contribution in [3.05, 3.63) is 0 Å². The third-order valence-electron chi connectivity index (χ3n) is 2.29. The van der Waals surface area contributed by atoms with Gasteiger partial charge in [0.1, 0.15) is 12.1 Å². The number of nitrogens with zero attached hydrogens (tertiary/aromatic N) is 2. The van der Waals surface area contributed by atoms with Gasteiger partial charge in [-0.15, -0.1) is 0 Å². The molecule has 1 rings (SSSR count). The van der Waals surface area contributed by atoms with Crippen molar-refractivity contribution >= 4 is 12.0 Å². The largest absolute Gasteiger partial charge is 0.444 e. The number of likely N-dealkylation sites (tertiary alicyclic amines) is 1. The second-order valence-corrected chi connectivity index (χ2v) is 5.07. The van der Waals surface area contributed by atoms with E-state index >= 15 is 0 Å². The number of carbonyl (C=O) groups is 2. The van der Waals surface area contributed by atoms with Crippen LogP contribution in [0.4, 0.5) is 4.79 Å². The van der Waals surface area contributed by atoms with E-state index in [9.17, 15) is 9.59 Å². The van der Waals surface area contributed by atoms with Gasteiger partial charge in [0, 0.05) is 20.1 Å². The van der Waals surface area contributed by atoms with Crippen LogP contribution in [-0.2, 0) is 9.53 Å². The van der Waals surface area contributed by atoms with Crippen molar-refractivity contribution in [1.29, 1.82) is 0 Å². The fourth-order valence-corrected chi connectivity index (χ4v) is 1.27. The average molecular weight is 228 g/mol. The van der Waals surface area contributed by atoms with Crippen LogP contribution in [0.2, 0.25) is 0 Å². The van der Waals surface area contributed by atoms with E-state index in [0.29, 0.717) is 0 Å². The van der Waals surface area contributed by atoms with Crippen LogP contribution in [0.25, 0.3) is 0 Å². The second-order valence-electron chi connectivity index (χ2n) is 5.07. The highest BCUT2D eigenvalue weighted by Gasteiger charge is 2.25. The van der Waals surface area contributed by atoms with Gasteiger partial charge < -0.3 is 14.5 Å². The summed E-state index contributed by atoms with van der Waals surface area (Å²) in [4.78, 5) is 26.2. The minimum Gasteiger partial charge on any atom is -0.444 e. The van der Waals surface area contributed by atoms with E-state index in [-0.39, 0.29) is 12.5 Å². The van der Waals surface area contributed by atoms with E-state index in [0.717, 1.165) is 19.5 Å². The highest BCUT2D eigenvalue weighted by molar-refractivity contribution is 5.82. The zero-order valence-corrected chi connectivity index (χ0v) is 10.4. The Labute approximate surface area is 96.3 Å². The highest BCUT2D eigenvalue weighted by atomic mass is 16.6. The Hall–Kier alpha value is -1.26. The standard InChI is InChI=1S/C11H20N2O3/c1-11(2,3)16-10(15)12(4)8-9(14)13-6-5-7-13/h5-8H2,1-4H3. The summed E-state index contributed by atoms with van der Waals surface area (Å²) in [5, 5.41) is 0. The van der Waals surface area contributed by atoms with E-state index in [1.807, 2.05) is 0 Å². The summed E-state index contributed by atoms with van der Waals surface area (Å²) in [6.07, 6.45) is 0.600. The molecule has 1 saturated heterocycles. The second kappa shape index (κ2) is 4.72. The Bertz CT molecular complexity index is 279. The van der Waals surface area contributed by atoms with Crippen LogP contribution >= 0.6 is 0 Å². The molecule has 0 unspecified atom stereocenters. The van der Waals surface area contributed by atoms with Crippen LogP contribution in [0.3, 0.4) is 0 Å². The lowest BCUT2D eigenvalue weighted by Crippen LogP contribution is -2.48. The van der Waals surface area contributed by atoms with E-state index in [2.05, 4.69) is 0 Å². The van der Waals surface area contributed by atoms with E-state index in [4.69, 9.17) is 4.74 Å². The molecule has 0 radical (unpaired) electrons. The fourth-order valence-electron chi connectivity index (χ4n) is 1.27. The van der Waals surface area contributed by atoms with Gasteiger partial charge in [-0.2, -0.15) is 0 Å². The Balaban J connectivity index is 2.36. The predicted octanol–water partition coefficient (Wildman–Crippen LogP) is 1.09. The predicted molar refractivity (Wildman–Crippen MR) is 60.1 cm³/mol. The summed E-state index contributed by atoms with van der Waals surface area (Å²) in [5.41, 5.74) is -0.523. The van der Waals surface area contributed by atoms with Gasteiger partial charge in [-0.25, -0.2) is 4.79 Å². The first-order valence-corrected chi connectivity index (χ1v) is 5.51. The van der Waals surface area contributed by atoms with E-state index in [1.165, 1.54) is 4.90 Å². The molecule has 0 aromatic heterocycles. The number of hydrogen-bond donors (Lipinski definition) is 0. The number of amides is 2. The molecule has 5 nitrogen and oxygen atoms in total. The Morgan fingerprint density at radius 1 is 1.31 bits per heavy atom. The quantitative estimate of drug-likeness (QED) is 0.710. The first kappa shape index (κ1) is 12.8. The van der Waals surface area contributed by atoms with E-state index in [1.54, 1.807) is 32.7 Å². The summed E-state index contributed by atoms with van der Waals surface area (Å²) in [7, 11) is 1.58. The minimum atomic E-state index is -0.523. The van der Waals surface area contributed by atoms with Crippen molar-refractivity contribution in [3.63, 3.8) is 0 Å². The van der Waals surface area contributed by atoms with Crippen molar-refractivity contribution in [2.45, 2.75) is 32.8 Å². The summed E-state index contributed by atoms with van der Waals surface area (Å²) < 4.78 is 5.15. The van der Waals surface area contributed by atoms with E-state index < -0.39 is 11.7 Å². The van der Waals surface area contributed by atoms with Crippen LogP contribution in [0.15, 0.2) is 0 Å².